The zero-order chi connectivity index (χ0) is 18.2. The van der Waals surface area contributed by atoms with Crippen molar-refractivity contribution in [2.75, 3.05) is 6.61 Å². The molecule has 25 heavy (non-hydrogen) atoms. The number of fused-ring (bicyclic) bond motifs is 1. The molecule has 0 spiro atoms. The van der Waals surface area contributed by atoms with Crippen LogP contribution < -0.4 is 11.1 Å². The Morgan fingerprint density at radius 2 is 1.88 bits per heavy atom. The molecule has 0 aliphatic heterocycles. The molecule has 0 heterocycles. The van der Waals surface area contributed by atoms with Crippen LogP contribution in [0.15, 0.2) is 54.6 Å². The van der Waals surface area contributed by atoms with Gasteiger partial charge in [-0.15, -0.1) is 0 Å². The second-order valence-corrected chi connectivity index (χ2v) is 5.38. The van der Waals surface area contributed by atoms with E-state index in [0.29, 0.717) is 5.56 Å². The summed E-state index contributed by atoms with van der Waals surface area (Å²) in [4.78, 5) is 35.2. The SMILES string of the molecule is CCOC(=O)/C=C/C[C@@H](NC(=O)c1ccc2ccccc2c1)C(N)=O. The molecular weight excluding hydrogens is 320 g/mol. The van der Waals surface area contributed by atoms with E-state index in [0.717, 1.165) is 10.8 Å². The maximum Gasteiger partial charge on any atom is 0.330 e. The monoisotopic (exact) mass is 340 g/mol. The molecule has 0 bridgehead atoms. The van der Waals surface area contributed by atoms with Gasteiger partial charge >= 0.3 is 5.97 Å². The summed E-state index contributed by atoms with van der Waals surface area (Å²) in [5.74, 6) is -1.59. The third-order valence-electron chi connectivity index (χ3n) is 3.57. The van der Waals surface area contributed by atoms with Crippen LogP contribution in [-0.2, 0) is 14.3 Å². The number of benzene rings is 2. The van der Waals surface area contributed by atoms with Crippen molar-refractivity contribution in [2.45, 2.75) is 19.4 Å². The van der Waals surface area contributed by atoms with Crippen LogP contribution in [0.4, 0.5) is 0 Å². The van der Waals surface area contributed by atoms with Gasteiger partial charge in [-0.2, -0.15) is 0 Å². The summed E-state index contributed by atoms with van der Waals surface area (Å²) in [6.07, 6.45) is 2.77. The van der Waals surface area contributed by atoms with E-state index in [4.69, 9.17) is 10.5 Å². The summed E-state index contributed by atoms with van der Waals surface area (Å²) >= 11 is 0. The highest BCUT2D eigenvalue weighted by molar-refractivity contribution is 6.00. The highest BCUT2D eigenvalue weighted by Crippen LogP contribution is 2.15. The molecule has 0 unspecified atom stereocenters. The van der Waals surface area contributed by atoms with Gasteiger partial charge in [0, 0.05) is 11.6 Å². The first-order valence-corrected chi connectivity index (χ1v) is 7.93. The molecule has 2 amide bonds. The van der Waals surface area contributed by atoms with E-state index in [-0.39, 0.29) is 13.0 Å². The number of esters is 1. The minimum atomic E-state index is -0.912. The van der Waals surface area contributed by atoms with Crippen molar-refractivity contribution in [3.05, 3.63) is 60.2 Å². The van der Waals surface area contributed by atoms with Gasteiger partial charge in [0.15, 0.2) is 0 Å². The maximum atomic E-state index is 12.4. The molecule has 3 N–H and O–H groups in total. The highest BCUT2D eigenvalue weighted by Gasteiger charge is 2.18. The fourth-order valence-corrected chi connectivity index (χ4v) is 2.31. The molecule has 0 aliphatic rings. The standard InChI is InChI=1S/C19H20N2O4/c1-2-25-17(22)9-5-8-16(18(20)23)21-19(24)15-11-10-13-6-3-4-7-14(13)12-15/h3-7,9-12,16H,2,8H2,1H3,(H2,20,23)(H,21,24)/b9-5+/t16-/m1/s1. The molecule has 0 aliphatic carbocycles. The van der Waals surface area contributed by atoms with E-state index in [1.807, 2.05) is 30.3 Å². The summed E-state index contributed by atoms with van der Waals surface area (Å²) < 4.78 is 4.75. The van der Waals surface area contributed by atoms with Gasteiger partial charge in [0.1, 0.15) is 6.04 Å². The number of primary amides is 1. The first kappa shape index (κ1) is 18.2. The van der Waals surface area contributed by atoms with E-state index in [1.54, 1.807) is 19.1 Å². The number of hydrogen-bond acceptors (Lipinski definition) is 4. The molecule has 1 atom stereocenters. The third kappa shape index (κ3) is 5.17. The van der Waals surface area contributed by atoms with Crippen molar-refractivity contribution in [3.63, 3.8) is 0 Å². The highest BCUT2D eigenvalue weighted by atomic mass is 16.5. The summed E-state index contributed by atoms with van der Waals surface area (Å²) in [6.45, 7) is 1.96. The van der Waals surface area contributed by atoms with Gasteiger partial charge in [0.25, 0.3) is 5.91 Å². The van der Waals surface area contributed by atoms with Crippen LogP contribution in [0.5, 0.6) is 0 Å². The van der Waals surface area contributed by atoms with E-state index >= 15 is 0 Å². The van der Waals surface area contributed by atoms with Crippen LogP contribution in [0.2, 0.25) is 0 Å². The number of nitrogens with two attached hydrogens (primary N) is 1. The van der Waals surface area contributed by atoms with Crippen molar-refractivity contribution in [1.29, 1.82) is 0 Å². The van der Waals surface area contributed by atoms with Crippen molar-refractivity contribution in [1.82, 2.24) is 5.32 Å². The van der Waals surface area contributed by atoms with Crippen LogP contribution in [0.1, 0.15) is 23.7 Å². The van der Waals surface area contributed by atoms with Crippen LogP contribution in [0, 0.1) is 0 Å². The predicted molar refractivity (Wildman–Crippen MR) is 94.8 cm³/mol. The van der Waals surface area contributed by atoms with Crippen molar-refractivity contribution in [3.8, 4) is 0 Å². The summed E-state index contributed by atoms with van der Waals surface area (Å²) in [5.41, 5.74) is 5.76. The number of amides is 2. The number of ether oxygens (including phenoxy) is 1. The first-order valence-electron chi connectivity index (χ1n) is 7.93. The second-order valence-electron chi connectivity index (χ2n) is 5.38. The third-order valence-corrected chi connectivity index (χ3v) is 3.57. The van der Waals surface area contributed by atoms with E-state index in [2.05, 4.69) is 5.32 Å². The molecule has 2 aromatic carbocycles. The number of hydrogen-bond donors (Lipinski definition) is 2. The summed E-state index contributed by atoms with van der Waals surface area (Å²) in [6, 6.07) is 12.0. The minimum Gasteiger partial charge on any atom is -0.463 e. The number of carbonyl (C=O) groups is 3. The smallest absolute Gasteiger partial charge is 0.330 e. The van der Waals surface area contributed by atoms with Gasteiger partial charge in [-0.25, -0.2) is 4.79 Å². The molecule has 0 fully saturated rings. The zero-order valence-electron chi connectivity index (χ0n) is 13.9. The second kappa shape index (κ2) is 8.63. The normalized spacial score (nSPS) is 12.0. The van der Waals surface area contributed by atoms with Gasteiger partial charge in [0.05, 0.1) is 6.61 Å². The van der Waals surface area contributed by atoms with Gasteiger partial charge in [0.2, 0.25) is 5.91 Å². The summed E-state index contributed by atoms with van der Waals surface area (Å²) in [5, 5.41) is 4.53. The molecule has 0 saturated carbocycles. The number of carbonyl (C=O) groups excluding carboxylic acids is 3. The molecule has 0 radical (unpaired) electrons. The lowest BCUT2D eigenvalue weighted by Gasteiger charge is -2.14. The Morgan fingerprint density at radius 3 is 2.56 bits per heavy atom. The van der Waals surface area contributed by atoms with Crippen LogP contribution in [-0.4, -0.2) is 30.4 Å². The Morgan fingerprint density at radius 1 is 1.16 bits per heavy atom. The molecule has 2 aromatic rings. The molecular formula is C19H20N2O4. The van der Waals surface area contributed by atoms with E-state index < -0.39 is 23.8 Å². The fourth-order valence-electron chi connectivity index (χ4n) is 2.31. The van der Waals surface area contributed by atoms with E-state index in [9.17, 15) is 14.4 Å². The van der Waals surface area contributed by atoms with Crippen LogP contribution >= 0.6 is 0 Å². The first-order chi connectivity index (χ1) is 12.0. The molecule has 130 valence electrons. The Balaban J connectivity index is 2.05. The van der Waals surface area contributed by atoms with Crippen molar-refractivity contribution in [2.24, 2.45) is 5.73 Å². The van der Waals surface area contributed by atoms with Gasteiger partial charge < -0.3 is 15.8 Å². The molecule has 6 heteroatoms. The Labute approximate surface area is 145 Å². The van der Waals surface area contributed by atoms with E-state index in [1.165, 1.54) is 12.2 Å². The Bertz CT molecular complexity index is 814. The topological polar surface area (TPSA) is 98.5 Å². The summed E-state index contributed by atoms with van der Waals surface area (Å²) in [7, 11) is 0. The minimum absolute atomic E-state index is 0.105. The lowest BCUT2D eigenvalue weighted by atomic mass is 10.1. The predicted octanol–water partition coefficient (Wildman–Crippen LogP) is 1.93. The average molecular weight is 340 g/mol. The largest absolute Gasteiger partial charge is 0.463 e. The lowest BCUT2D eigenvalue weighted by molar-refractivity contribution is -0.137. The number of rotatable bonds is 7. The Hall–Kier alpha value is -3.15. The van der Waals surface area contributed by atoms with Crippen LogP contribution in [0.25, 0.3) is 10.8 Å². The fraction of sp³-hybridized carbons (Fsp3) is 0.211. The average Bonchev–Trinajstić information content (AvgIpc) is 2.60. The molecule has 2 rings (SSSR count). The van der Waals surface area contributed by atoms with Gasteiger partial charge in [-0.1, -0.05) is 36.4 Å². The van der Waals surface area contributed by atoms with Crippen molar-refractivity contribution < 1.29 is 19.1 Å². The molecule has 0 saturated heterocycles. The Kier molecular flexibility index (Phi) is 6.28. The van der Waals surface area contributed by atoms with Crippen LogP contribution in [0.3, 0.4) is 0 Å². The molecule has 6 nitrogen and oxygen atoms in total. The quantitative estimate of drug-likeness (QED) is 0.594. The lowest BCUT2D eigenvalue weighted by Crippen LogP contribution is -2.44. The maximum absolute atomic E-state index is 12.4. The molecule has 0 aromatic heterocycles. The van der Waals surface area contributed by atoms with Crippen molar-refractivity contribution >= 4 is 28.6 Å². The van der Waals surface area contributed by atoms with Gasteiger partial charge in [-0.3, -0.25) is 9.59 Å². The zero-order valence-corrected chi connectivity index (χ0v) is 13.9. The van der Waals surface area contributed by atoms with Gasteiger partial charge in [-0.05, 0) is 36.2 Å². The number of nitrogens with one attached hydrogen (secondary N) is 1.